The Hall–Kier alpha value is -3.19. The van der Waals surface area contributed by atoms with E-state index in [1.165, 1.54) is 29.8 Å². The first kappa shape index (κ1) is 21.6. The van der Waals surface area contributed by atoms with E-state index in [9.17, 15) is 4.79 Å². The second-order valence-electron chi connectivity index (χ2n) is 8.91. The Morgan fingerprint density at radius 1 is 1.15 bits per heavy atom. The Morgan fingerprint density at radius 2 is 1.91 bits per heavy atom. The molecule has 0 unspecified atom stereocenters. The van der Waals surface area contributed by atoms with Crippen LogP contribution in [0.15, 0.2) is 60.8 Å². The van der Waals surface area contributed by atoms with E-state index in [0.29, 0.717) is 24.1 Å². The number of para-hydroxylation sites is 1. The molecule has 2 aromatic heterocycles. The lowest BCUT2D eigenvalue weighted by atomic mass is 9.96. The van der Waals surface area contributed by atoms with E-state index in [1.54, 1.807) is 0 Å². The largest absolute Gasteiger partial charge is 0.352 e. The highest BCUT2D eigenvalue weighted by Gasteiger charge is 2.42. The van der Waals surface area contributed by atoms with Crippen molar-refractivity contribution in [3.63, 3.8) is 0 Å². The zero-order chi connectivity index (χ0) is 22.9. The molecule has 1 amide bonds. The molecule has 0 spiro atoms. The molecule has 1 aromatic carbocycles. The van der Waals surface area contributed by atoms with Crippen LogP contribution in [-0.2, 0) is 4.79 Å². The molecule has 7 heteroatoms. The van der Waals surface area contributed by atoms with Crippen LogP contribution in [0, 0.1) is 13.8 Å². The first-order chi connectivity index (χ1) is 16.0. The molecule has 1 aliphatic heterocycles. The molecule has 0 bridgehead atoms. The molecular weight excluding hydrogens is 430 g/mol. The lowest BCUT2D eigenvalue weighted by Crippen LogP contribution is -2.32. The number of hydrogen-bond donors (Lipinski definition) is 2. The van der Waals surface area contributed by atoms with Crippen molar-refractivity contribution in [2.75, 3.05) is 11.9 Å². The Morgan fingerprint density at radius 3 is 2.61 bits per heavy atom. The quantitative estimate of drug-likeness (QED) is 0.495. The van der Waals surface area contributed by atoms with Gasteiger partial charge in [-0.3, -0.25) is 9.78 Å². The summed E-state index contributed by atoms with van der Waals surface area (Å²) in [5.74, 6) is -0.0208. The van der Waals surface area contributed by atoms with Crippen LogP contribution in [0.2, 0.25) is 0 Å². The Balaban J connectivity index is 1.42. The van der Waals surface area contributed by atoms with Crippen LogP contribution >= 0.6 is 12.2 Å². The van der Waals surface area contributed by atoms with Gasteiger partial charge in [0.05, 0.1) is 17.8 Å². The molecule has 2 aliphatic rings. The molecule has 6 nitrogen and oxygen atoms in total. The van der Waals surface area contributed by atoms with Crippen molar-refractivity contribution in [3.8, 4) is 0 Å². The second-order valence-corrected chi connectivity index (χ2v) is 9.30. The summed E-state index contributed by atoms with van der Waals surface area (Å²) in [6, 6.07) is 18.3. The zero-order valence-electron chi connectivity index (χ0n) is 19.0. The minimum absolute atomic E-state index is 0.0179. The van der Waals surface area contributed by atoms with Crippen molar-refractivity contribution in [1.29, 1.82) is 0 Å². The lowest BCUT2D eigenvalue weighted by molar-refractivity contribution is -0.116. The lowest BCUT2D eigenvalue weighted by Gasteiger charge is -2.28. The molecule has 33 heavy (non-hydrogen) atoms. The van der Waals surface area contributed by atoms with E-state index in [4.69, 9.17) is 12.2 Å². The number of aryl methyl sites for hydroxylation is 1. The number of carbonyl (C=O) groups excluding carboxylic acids is 1. The smallest absolute Gasteiger partial charge is 0.226 e. The van der Waals surface area contributed by atoms with Gasteiger partial charge in [0.1, 0.15) is 0 Å². The fourth-order valence-corrected chi connectivity index (χ4v) is 5.28. The molecule has 3 heterocycles. The molecule has 1 aliphatic carbocycles. The standard InChI is InChI=1S/C26H29N5OS/c1-17-16-21(18(2)31(17)20-11-12-20)25-24(22-10-6-7-14-27-22)29-26(33)30(25)15-13-23(32)28-19-8-4-3-5-9-19/h3-10,14,16,20,24-25H,11-13,15H2,1-2H3,(H,28,32)(H,29,33)/t24-,25-/m1/s1. The highest BCUT2D eigenvalue weighted by Crippen LogP contribution is 2.44. The molecule has 170 valence electrons. The summed E-state index contributed by atoms with van der Waals surface area (Å²) in [6.07, 6.45) is 4.65. The van der Waals surface area contributed by atoms with Crippen LogP contribution in [0.25, 0.3) is 0 Å². The normalized spacial score (nSPS) is 20.1. The van der Waals surface area contributed by atoms with Crippen molar-refractivity contribution < 1.29 is 4.79 Å². The fourth-order valence-electron chi connectivity index (χ4n) is 4.95. The fraction of sp³-hybridized carbons (Fsp3) is 0.346. The number of thiocarbonyl (C=S) groups is 1. The van der Waals surface area contributed by atoms with Crippen molar-refractivity contribution in [3.05, 3.63) is 83.4 Å². The molecule has 1 saturated heterocycles. The summed E-state index contributed by atoms with van der Waals surface area (Å²) in [6.45, 7) is 4.92. The SMILES string of the molecule is Cc1cc([C@@H]2[C@@H](c3ccccn3)NC(=S)N2CCC(=O)Nc2ccccc2)c(C)n1C1CC1. The minimum Gasteiger partial charge on any atom is -0.352 e. The Kier molecular flexibility index (Phi) is 5.89. The third kappa shape index (κ3) is 4.37. The Labute approximate surface area is 200 Å². The third-order valence-electron chi connectivity index (χ3n) is 6.59. The van der Waals surface area contributed by atoms with Crippen molar-refractivity contribution >= 4 is 28.9 Å². The van der Waals surface area contributed by atoms with Crippen LogP contribution in [0.3, 0.4) is 0 Å². The first-order valence-electron chi connectivity index (χ1n) is 11.5. The number of hydrogen-bond acceptors (Lipinski definition) is 3. The first-order valence-corrected chi connectivity index (χ1v) is 11.9. The number of anilines is 1. The van der Waals surface area contributed by atoms with Crippen LogP contribution < -0.4 is 10.6 Å². The summed E-state index contributed by atoms with van der Waals surface area (Å²) in [5, 5.41) is 7.14. The van der Waals surface area contributed by atoms with Crippen molar-refractivity contribution in [1.82, 2.24) is 19.8 Å². The summed E-state index contributed by atoms with van der Waals surface area (Å²) in [7, 11) is 0. The number of benzene rings is 1. The summed E-state index contributed by atoms with van der Waals surface area (Å²) in [4.78, 5) is 19.5. The number of carbonyl (C=O) groups is 1. The number of aromatic nitrogens is 2. The van der Waals surface area contributed by atoms with Crippen molar-refractivity contribution in [2.24, 2.45) is 0 Å². The van der Waals surface area contributed by atoms with Gasteiger partial charge in [-0.05, 0) is 74.8 Å². The van der Waals surface area contributed by atoms with Crippen LogP contribution in [0.4, 0.5) is 5.69 Å². The van der Waals surface area contributed by atoms with E-state index in [0.717, 1.165) is 11.4 Å². The maximum atomic E-state index is 12.7. The van der Waals surface area contributed by atoms with Gasteiger partial charge in [-0.1, -0.05) is 24.3 Å². The topological polar surface area (TPSA) is 62.2 Å². The van der Waals surface area contributed by atoms with E-state index in [1.807, 2.05) is 54.7 Å². The molecule has 5 rings (SSSR count). The number of rotatable bonds is 7. The summed E-state index contributed by atoms with van der Waals surface area (Å²) < 4.78 is 2.46. The molecule has 2 atom stereocenters. The van der Waals surface area contributed by atoms with Crippen molar-refractivity contribution in [2.45, 2.75) is 51.2 Å². The van der Waals surface area contributed by atoms with E-state index in [2.05, 4.69) is 45.0 Å². The van der Waals surface area contributed by atoms with Gasteiger partial charge in [-0.15, -0.1) is 0 Å². The number of amides is 1. The second kappa shape index (κ2) is 8.98. The third-order valence-corrected chi connectivity index (χ3v) is 6.94. The summed E-state index contributed by atoms with van der Waals surface area (Å²) in [5.41, 5.74) is 5.58. The highest BCUT2D eigenvalue weighted by molar-refractivity contribution is 7.80. The molecule has 1 saturated carbocycles. The van der Waals surface area contributed by atoms with Gasteiger partial charge in [0.15, 0.2) is 5.11 Å². The monoisotopic (exact) mass is 459 g/mol. The highest BCUT2D eigenvalue weighted by atomic mass is 32.1. The average molecular weight is 460 g/mol. The number of pyridine rings is 1. The van der Waals surface area contributed by atoms with E-state index < -0.39 is 0 Å². The zero-order valence-corrected chi connectivity index (χ0v) is 19.8. The average Bonchev–Trinajstić information content (AvgIpc) is 3.53. The molecule has 2 fully saturated rings. The van der Waals surface area contributed by atoms with Gasteiger partial charge < -0.3 is 20.1 Å². The van der Waals surface area contributed by atoms with Gasteiger partial charge in [0.25, 0.3) is 0 Å². The predicted octanol–water partition coefficient (Wildman–Crippen LogP) is 4.84. The van der Waals surface area contributed by atoms with Crippen LogP contribution in [-0.4, -0.2) is 32.0 Å². The number of nitrogens with zero attached hydrogens (tertiary/aromatic N) is 3. The van der Waals surface area contributed by atoms with Gasteiger partial charge in [0, 0.05) is 42.3 Å². The molecular formula is C26H29N5OS. The van der Waals surface area contributed by atoms with E-state index in [-0.39, 0.29) is 18.0 Å². The summed E-state index contributed by atoms with van der Waals surface area (Å²) >= 11 is 5.77. The van der Waals surface area contributed by atoms with Crippen LogP contribution in [0.5, 0.6) is 0 Å². The van der Waals surface area contributed by atoms with Gasteiger partial charge in [-0.25, -0.2) is 0 Å². The predicted molar refractivity (Wildman–Crippen MR) is 134 cm³/mol. The molecule has 0 radical (unpaired) electrons. The van der Waals surface area contributed by atoms with Gasteiger partial charge in [-0.2, -0.15) is 0 Å². The Bertz CT molecular complexity index is 1160. The molecule has 3 aromatic rings. The van der Waals surface area contributed by atoms with Crippen LogP contribution in [0.1, 0.15) is 60.0 Å². The maximum absolute atomic E-state index is 12.7. The van der Waals surface area contributed by atoms with E-state index >= 15 is 0 Å². The maximum Gasteiger partial charge on any atom is 0.226 e. The number of nitrogens with one attached hydrogen (secondary N) is 2. The minimum atomic E-state index is -0.0657. The molecule has 2 N–H and O–H groups in total. The van der Waals surface area contributed by atoms with Gasteiger partial charge in [0.2, 0.25) is 5.91 Å². The van der Waals surface area contributed by atoms with Gasteiger partial charge >= 0.3 is 0 Å².